The van der Waals surface area contributed by atoms with Crippen LogP contribution in [0, 0.1) is 0 Å². The maximum Gasteiger partial charge on any atom is 0.284 e. The second kappa shape index (κ2) is 5.74. The van der Waals surface area contributed by atoms with E-state index in [0.29, 0.717) is 0 Å². The van der Waals surface area contributed by atoms with Gasteiger partial charge in [-0.05, 0) is 0 Å². The van der Waals surface area contributed by atoms with E-state index >= 15 is 0 Å². The summed E-state index contributed by atoms with van der Waals surface area (Å²) in [5.74, 6) is 0.0752. The van der Waals surface area contributed by atoms with Crippen LogP contribution in [-0.2, 0) is 17.1 Å². The number of halogens is 1. The molecule has 2 aromatic rings. The molecule has 0 aliphatic rings. The Morgan fingerprint density at radius 2 is 1.81 bits per heavy atom. The number of methoxy groups -OCH3 is 2. The van der Waals surface area contributed by atoms with E-state index < -0.39 is 10.0 Å². The van der Waals surface area contributed by atoms with Crippen molar-refractivity contribution in [3.63, 3.8) is 0 Å². The molecule has 0 spiro atoms. The molecular formula is C10H12ClN5O4S. The molecule has 0 saturated heterocycles. The molecule has 0 atom stereocenters. The summed E-state index contributed by atoms with van der Waals surface area (Å²) < 4.78 is 37.8. The summed E-state index contributed by atoms with van der Waals surface area (Å²) >= 11 is 5.87. The first-order valence-corrected chi connectivity index (χ1v) is 7.40. The number of nitrogens with one attached hydrogen (secondary N) is 1. The maximum absolute atomic E-state index is 12.2. The quantitative estimate of drug-likeness (QED) is 0.857. The summed E-state index contributed by atoms with van der Waals surface area (Å²) in [6, 6.07) is 1.41. The van der Waals surface area contributed by atoms with E-state index in [1.54, 1.807) is 7.05 Å². The first-order chi connectivity index (χ1) is 9.87. The number of nitrogens with zero attached hydrogens (tertiary/aromatic N) is 4. The second-order valence-corrected chi connectivity index (χ2v) is 5.79. The van der Waals surface area contributed by atoms with Crippen molar-refractivity contribution in [3.8, 4) is 11.8 Å². The molecule has 0 fully saturated rings. The van der Waals surface area contributed by atoms with Crippen LogP contribution in [0.4, 0.5) is 5.95 Å². The Morgan fingerprint density at radius 3 is 2.24 bits per heavy atom. The minimum Gasteiger partial charge on any atom is -0.481 e. The number of hydrogen-bond donors (Lipinski definition) is 1. The molecule has 0 aliphatic carbocycles. The lowest BCUT2D eigenvalue weighted by Gasteiger charge is -2.08. The predicted molar refractivity (Wildman–Crippen MR) is 74.2 cm³/mol. The van der Waals surface area contributed by atoms with Gasteiger partial charge in [0.15, 0.2) is 0 Å². The zero-order valence-electron chi connectivity index (χ0n) is 11.4. The summed E-state index contributed by atoms with van der Waals surface area (Å²) in [7, 11) is 0.315. The van der Waals surface area contributed by atoms with Gasteiger partial charge in [0.05, 0.1) is 26.6 Å². The van der Waals surface area contributed by atoms with Gasteiger partial charge in [0, 0.05) is 7.05 Å². The molecule has 0 aliphatic heterocycles. The maximum atomic E-state index is 12.2. The van der Waals surface area contributed by atoms with E-state index in [1.165, 1.54) is 31.2 Å². The van der Waals surface area contributed by atoms with Crippen LogP contribution in [0.1, 0.15) is 0 Å². The molecule has 0 saturated carbocycles. The minimum absolute atomic E-state index is 0.0302. The number of aryl methyl sites for hydroxylation is 1. The van der Waals surface area contributed by atoms with Crippen molar-refractivity contribution < 1.29 is 17.9 Å². The highest BCUT2D eigenvalue weighted by Crippen LogP contribution is 2.23. The normalized spacial score (nSPS) is 11.2. The number of aromatic nitrogens is 4. The van der Waals surface area contributed by atoms with Crippen LogP contribution in [0.3, 0.4) is 0 Å². The zero-order valence-corrected chi connectivity index (χ0v) is 12.9. The lowest BCUT2D eigenvalue weighted by Crippen LogP contribution is -2.16. The van der Waals surface area contributed by atoms with Crippen LogP contribution < -0.4 is 14.2 Å². The van der Waals surface area contributed by atoms with Gasteiger partial charge in [-0.15, -0.1) is 0 Å². The largest absolute Gasteiger partial charge is 0.481 e. The Morgan fingerprint density at radius 1 is 1.24 bits per heavy atom. The SMILES string of the molecule is COc1cc(OC)nc(NS(=O)(=O)c2ncn(C)c2Cl)n1. The average molecular weight is 334 g/mol. The van der Waals surface area contributed by atoms with Crippen molar-refractivity contribution in [2.75, 3.05) is 18.9 Å². The Kier molecular flexibility index (Phi) is 4.19. The minimum atomic E-state index is -4.02. The van der Waals surface area contributed by atoms with Crippen LogP contribution in [0.25, 0.3) is 0 Å². The van der Waals surface area contributed by atoms with E-state index in [2.05, 4.69) is 19.7 Å². The third kappa shape index (κ3) is 3.16. The third-order valence-electron chi connectivity index (χ3n) is 2.41. The van der Waals surface area contributed by atoms with E-state index in [4.69, 9.17) is 21.1 Å². The molecule has 2 rings (SSSR count). The van der Waals surface area contributed by atoms with Crippen molar-refractivity contribution >= 4 is 27.6 Å². The van der Waals surface area contributed by atoms with Gasteiger partial charge in [-0.3, -0.25) is 0 Å². The predicted octanol–water partition coefficient (Wildman–Crippen LogP) is 0.681. The van der Waals surface area contributed by atoms with Crippen molar-refractivity contribution in [1.82, 2.24) is 19.5 Å². The highest BCUT2D eigenvalue weighted by Gasteiger charge is 2.24. The topological polar surface area (TPSA) is 108 Å². The first-order valence-electron chi connectivity index (χ1n) is 5.54. The molecule has 2 heterocycles. The van der Waals surface area contributed by atoms with Crippen molar-refractivity contribution in [1.29, 1.82) is 0 Å². The summed E-state index contributed by atoms with van der Waals surface area (Å²) in [6.07, 6.45) is 1.28. The summed E-state index contributed by atoms with van der Waals surface area (Å²) in [6.45, 7) is 0. The molecule has 9 nitrogen and oxygen atoms in total. The Bertz CT molecular complexity index is 739. The number of ether oxygens (including phenoxy) is 2. The van der Waals surface area contributed by atoms with Crippen molar-refractivity contribution in [3.05, 3.63) is 17.5 Å². The van der Waals surface area contributed by atoms with E-state index in [0.717, 1.165) is 0 Å². The number of anilines is 1. The van der Waals surface area contributed by atoms with Crippen LogP contribution >= 0.6 is 11.6 Å². The van der Waals surface area contributed by atoms with Crippen LogP contribution in [-0.4, -0.2) is 42.2 Å². The fourth-order valence-corrected chi connectivity index (χ4v) is 2.78. The van der Waals surface area contributed by atoms with Gasteiger partial charge >= 0.3 is 0 Å². The highest BCUT2D eigenvalue weighted by molar-refractivity contribution is 7.92. The van der Waals surface area contributed by atoms with Gasteiger partial charge < -0.3 is 14.0 Å². The molecule has 11 heteroatoms. The van der Waals surface area contributed by atoms with Crippen LogP contribution in [0.2, 0.25) is 5.15 Å². The van der Waals surface area contributed by atoms with E-state index in [1.807, 2.05) is 0 Å². The molecule has 1 N–H and O–H groups in total. The number of sulfonamides is 1. The second-order valence-electron chi connectivity index (χ2n) is 3.83. The van der Waals surface area contributed by atoms with E-state index in [9.17, 15) is 8.42 Å². The molecule has 0 bridgehead atoms. The number of rotatable bonds is 5. The zero-order chi connectivity index (χ0) is 15.6. The molecule has 0 unspecified atom stereocenters. The summed E-state index contributed by atoms with van der Waals surface area (Å²) in [5, 5.41) is -0.352. The molecular weight excluding hydrogens is 322 g/mol. The van der Waals surface area contributed by atoms with Crippen LogP contribution in [0.15, 0.2) is 17.4 Å². The first kappa shape index (κ1) is 15.3. The molecule has 0 amide bonds. The molecule has 0 radical (unpaired) electrons. The lowest BCUT2D eigenvalue weighted by molar-refractivity contribution is 0.373. The van der Waals surface area contributed by atoms with Gasteiger partial charge in [-0.25, -0.2) is 9.71 Å². The Labute approximate surface area is 126 Å². The molecule has 21 heavy (non-hydrogen) atoms. The standard InChI is InChI=1S/C10H12ClN5O4S/c1-16-5-12-9(8(16)11)21(17,18)15-10-13-6(19-2)4-7(14-10)20-3/h4-5H,1-3H3,(H,13,14,15). The molecule has 0 aromatic carbocycles. The summed E-state index contributed by atoms with van der Waals surface area (Å²) in [4.78, 5) is 11.5. The van der Waals surface area contributed by atoms with Crippen molar-refractivity contribution in [2.45, 2.75) is 5.03 Å². The average Bonchev–Trinajstić information content (AvgIpc) is 2.78. The van der Waals surface area contributed by atoms with Gasteiger partial charge in [-0.2, -0.15) is 18.4 Å². The lowest BCUT2D eigenvalue weighted by atomic mass is 10.6. The van der Waals surface area contributed by atoms with Gasteiger partial charge in [0.25, 0.3) is 10.0 Å². The summed E-state index contributed by atoms with van der Waals surface area (Å²) in [5.41, 5.74) is 0. The van der Waals surface area contributed by atoms with Gasteiger partial charge in [0.2, 0.25) is 22.7 Å². The highest BCUT2D eigenvalue weighted by atomic mass is 35.5. The van der Waals surface area contributed by atoms with Crippen LogP contribution in [0.5, 0.6) is 11.8 Å². The number of imidazole rings is 1. The fraction of sp³-hybridized carbons (Fsp3) is 0.300. The third-order valence-corrected chi connectivity index (χ3v) is 4.23. The Balaban J connectivity index is 2.39. The Hall–Kier alpha value is -2.07. The fourth-order valence-electron chi connectivity index (χ4n) is 1.40. The monoisotopic (exact) mass is 333 g/mol. The smallest absolute Gasteiger partial charge is 0.284 e. The van der Waals surface area contributed by atoms with E-state index in [-0.39, 0.29) is 27.9 Å². The molecule has 2 aromatic heterocycles. The van der Waals surface area contributed by atoms with Gasteiger partial charge in [-0.1, -0.05) is 11.6 Å². The van der Waals surface area contributed by atoms with Crippen molar-refractivity contribution in [2.24, 2.45) is 7.05 Å². The van der Waals surface area contributed by atoms with Gasteiger partial charge in [0.1, 0.15) is 5.15 Å². The molecule has 114 valence electrons. The number of hydrogen-bond acceptors (Lipinski definition) is 7.